The molecule has 1 aromatic carbocycles. The van der Waals surface area contributed by atoms with Gasteiger partial charge in [0.05, 0.1) is 36.7 Å². The Hall–Kier alpha value is -3.17. The minimum absolute atomic E-state index is 0.240. The van der Waals surface area contributed by atoms with Crippen molar-refractivity contribution in [3.05, 3.63) is 49.6 Å². The van der Waals surface area contributed by atoms with Gasteiger partial charge in [-0.3, -0.25) is 14.4 Å². The summed E-state index contributed by atoms with van der Waals surface area (Å²) in [6.07, 6.45) is 4.31. The number of benzene rings is 1. The lowest BCUT2D eigenvalue weighted by Gasteiger charge is -2.43. The van der Waals surface area contributed by atoms with Crippen LogP contribution in [0.25, 0.3) is 0 Å². The van der Waals surface area contributed by atoms with Crippen LogP contribution in [0.1, 0.15) is 54.4 Å². The van der Waals surface area contributed by atoms with Crippen LogP contribution < -0.4 is 9.64 Å². The van der Waals surface area contributed by atoms with Crippen LogP contribution in [0.2, 0.25) is 0 Å². The first-order chi connectivity index (χ1) is 19.3. The van der Waals surface area contributed by atoms with Crippen molar-refractivity contribution in [3.8, 4) is 5.75 Å². The van der Waals surface area contributed by atoms with Crippen LogP contribution in [-0.4, -0.2) is 87.8 Å². The van der Waals surface area contributed by atoms with Crippen molar-refractivity contribution in [3.63, 3.8) is 0 Å². The van der Waals surface area contributed by atoms with Crippen molar-refractivity contribution in [2.24, 2.45) is 11.8 Å². The molecule has 0 radical (unpaired) electrons. The minimum Gasteiger partial charge on any atom is -0.494 e. The third kappa shape index (κ3) is 4.97. The summed E-state index contributed by atoms with van der Waals surface area (Å²) in [5, 5.41) is 10.2. The molecule has 0 aromatic heterocycles. The molecule has 0 saturated carbocycles. The first-order valence-corrected chi connectivity index (χ1v) is 14.5. The van der Waals surface area contributed by atoms with Gasteiger partial charge in [0.1, 0.15) is 17.4 Å². The molecule has 0 aliphatic carbocycles. The van der Waals surface area contributed by atoms with E-state index in [1.54, 1.807) is 28.9 Å². The number of rotatable bonds is 11. The Morgan fingerprint density at radius 3 is 2.34 bits per heavy atom. The fourth-order valence-corrected chi connectivity index (χ4v) is 7.06. The van der Waals surface area contributed by atoms with Crippen LogP contribution in [0.3, 0.4) is 0 Å². The lowest BCUT2D eigenvalue weighted by atomic mass is 9.66. The first-order valence-electron chi connectivity index (χ1n) is 14.5. The molecule has 9 nitrogen and oxygen atoms in total. The second-order valence-electron chi connectivity index (χ2n) is 12.6. The standard InChI is InChI=1S/C32H45N3O6/c1-9-18-33(22-12-14-23(15-13-22)40-11-3)27(37)24-25-28(38)35(21(4)20-36)26(32(25)17-16-31(24,8)41-32)29(39)34(19-10-2)30(5,6)7/h9-10,12-15,21,24-26,36H,1-2,11,16-20H2,3-8H3/t21-,24+,25+,26?,31-,32?/m1/s1. The maximum Gasteiger partial charge on any atom is 0.249 e. The van der Waals surface area contributed by atoms with Crippen molar-refractivity contribution < 1.29 is 29.0 Å². The van der Waals surface area contributed by atoms with Gasteiger partial charge in [-0.05, 0) is 78.6 Å². The average molecular weight is 568 g/mol. The molecule has 41 heavy (non-hydrogen) atoms. The number of hydrogen-bond acceptors (Lipinski definition) is 6. The SMILES string of the molecule is C=CCN(C(=O)[C@@H]1[C@H]2C(=O)N([C@H](C)CO)C(C(=O)N(CC=C)C(C)(C)C)C23CC[C@@]1(C)O3)c1ccc(OCC)cc1. The molecule has 9 heteroatoms. The van der Waals surface area contributed by atoms with Gasteiger partial charge in [0.2, 0.25) is 17.7 Å². The monoisotopic (exact) mass is 567 g/mol. The number of carbonyl (C=O) groups is 3. The van der Waals surface area contributed by atoms with E-state index >= 15 is 0 Å². The molecular weight excluding hydrogens is 522 g/mol. The second-order valence-corrected chi connectivity index (χ2v) is 12.6. The van der Waals surface area contributed by atoms with Crippen LogP contribution in [0, 0.1) is 11.8 Å². The summed E-state index contributed by atoms with van der Waals surface area (Å²) in [6.45, 7) is 19.7. The molecule has 2 bridgehead atoms. The fraction of sp³-hybridized carbons (Fsp3) is 0.594. The van der Waals surface area contributed by atoms with Crippen molar-refractivity contribution >= 4 is 23.4 Å². The third-order valence-corrected chi connectivity index (χ3v) is 8.88. The lowest BCUT2D eigenvalue weighted by molar-refractivity contribution is -0.157. The summed E-state index contributed by atoms with van der Waals surface area (Å²) in [6, 6.07) is 5.64. The molecule has 2 unspecified atom stereocenters. The highest BCUT2D eigenvalue weighted by Crippen LogP contribution is 2.64. The molecule has 6 atom stereocenters. The van der Waals surface area contributed by atoms with E-state index in [2.05, 4.69) is 13.2 Å². The van der Waals surface area contributed by atoms with Gasteiger partial charge in [-0.1, -0.05) is 12.2 Å². The van der Waals surface area contributed by atoms with Crippen LogP contribution in [0.4, 0.5) is 5.69 Å². The summed E-state index contributed by atoms with van der Waals surface area (Å²) in [4.78, 5) is 48.0. The highest BCUT2D eigenvalue weighted by molar-refractivity contribution is 6.03. The third-order valence-electron chi connectivity index (χ3n) is 8.88. The van der Waals surface area contributed by atoms with Crippen molar-refractivity contribution in [1.29, 1.82) is 0 Å². The predicted molar refractivity (Wildman–Crippen MR) is 157 cm³/mol. The zero-order chi connectivity index (χ0) is 30.3. The molecule has 3 saturated heterocycles. The van der Waals surface area contributed by atoms with Gasteiger partial charge in [-0.2, -0.15) is 0 Å². The molecular formula is C32H45N3O6. The number of ether oxygens (including phenoxy) is 2. The summed E-state index contributed by atoms with van der Waals surface area (Å²) in [5.74, 6) is -1.83. The smallest absolute Gasteiger partial charge is 0.249 e. The Bertz CT molecular complexity index is 1190. The maximum absolute atomic E-state index is 14.5. The topological polar surface area (TPSA) is 99.6 Å². The summed E-state index contributed by atoms with van der Waals surface area (Å²) in [5.41, 5.74) is -2.01. The minimum atomic E-state index is -1.18. The highest BCUT2D eigenvalue weighted by Gasteiger charge is 2.78. The molecule has 3 heterocycles. The molecule has 3 amide bonds. The van der Waals surface area contributed by atoms with Gasteiger partial charge in [0, 0.05) is 24.3 Å². The average Bonchev–Trinajstić information content (AvgIpc) is 3.50. The van der Waals surface area contributed by atoms with Crippen LogP contribution in [-0.2, 0) is 19.1 Å². The van der Waals surface area contributed by atoms with Crippen LogP contribution in [0.15, 0.2) is 49.6 Å². The Morgan fingerprint density at radius 1 is 1.17 bits per heavy atom. The Kier molecular flexibility index (Phi) is 8.45. The normalized spacial score (nSPS) is 29.2. The Balaban J connectivity index is 1.80. The largest absolute Gasteiger partial charge is 0.494 e. The predicted octanol–water partition coefficient (Wildman–Crippen LogP) is 3.56. The van der Waals surface area contributed by atoms with Crippen molar-refractivity contribution in [2.45, 2.75) is 83.2 Å². The zero-order valence-corrected chi connectivity index (χ0v) is 25.3. The summed E-state index contributed by atoms with van der Waals surface area (Å²) >= 11 is 0. The van der Waals surface area contributed by atoms with Gasteiger partial charge in [-0.15, -0.1) is 13.2 Å². The van der Waals surface area contributed by atoms with E-state index in [1.807, 2.05) is 58.9 Å². The number of hydrogen-bond donors (Lipinski definition) is 1. The molecule has 1 N–H and O–H groups in total. The van der Waals surface area contributed by atoms with E-state index in [4.69, 9.17) is 9.47 Å². The van der Waals surface area contributed by atoms with E-state index < -0.39 is 40.7 Å². The number of aliphatic hydroxyl groups is 1. The fourth-order valence-electron chi connectivity index (χ4n) is 7.06. The number of nitrogens with zero attached hydrogens (tertiary/aromatic N) is 3. The second kappa shape index (κ2) is 11.2. The van der Waals surface area contributed by atoms with Gasteiger partial charge in [0.25, 0.3) is 0 Å². The van der Waals surface area contributed by atoms with E-state index in [-0.39, 0.29) is 30.9 Å². The summed E-state index contributed by atoms with van der Waals surface area (Å²) in [7, 11) is 0. The Labute approximate surface area is 243 Å². The molecule has 3 fully saturated rings. The molecule has 1 spiro atoms. The highest BCUT2D eigenvalue weighted by atomic mass is 16.5. The number of likely N-dealkylation sites (tertiary alicyclic amines) is 1. The van der Waals surface area contributed by atoms with Crippen LogP contribution >= 0.6 is 0 Å². The zero-order valence-electron chi connectivity index (χ0n) is 25.3. The van der Waals surface area contributed by atoms with E-state index in [0.29, 0.717) is 37.4 Å². The van der Waals surface area contributed by atoms with E-state index in [9.17, 15) is 19.5 Å². The number of carbonyl (C=O) groups excluding carboxylic acids is 3. The Morgan fingerprint density at radius 2 is 1.80 bits per heavy atom. The van der Waals surface area contributed by atoms with E-state index in [0.717, 1.165) is 0 Å². The maximum atomic E-state index is 14.5. The molecule has 224 valence electrons. The van der Waals surface area contributed by atoms with Crippen LogP contribution in [0.5, 0.6) is 5.75 Å². The van der Waals surface area contributed by atoms with Gasteiger partial charge < -0.3 is 29.3 Å². The first kappa shape index (κ1) is 30.8. The lowest BCUT2D eigenvalue weighted by Crippen LogP contribution is -2.61. The number of amides is 3. The molecule has 1 aromatic rings. The number of fused-ring (bicyclic) bond motifs is 1. The van der Waals surface area contributed by atoms with E-state index in [1.165, 1.54) is 4.90 Å². The molecule has 4 rings (SSSR count). The quantitative estimate of drug-likeness (QED) is 0.411. The number of anilines is 1. The molecule has 3 aliphatic heterocycles. The number of aliphatic hydroxyl groups excluding tert-OH is 1. The van der Waals surface area contributed by atoms with Gasteiger partial charge in [0.15, 0.2) is 0 Å². The van der Waals surface area contributed by atoms with Gasteiger partial charge in [-0.25, -0.2) is 0 Å². The van der Waals surface area contributed by atoms with Crippen molar-refractivity contribution in [1.82, 2.24) is 9.80 Å². The summed E-state index contributed by atoms with van der Waals surface area (Å²) < 4.78 is 12.3. The van der Waals surface area contributed by atoms with Crippen molar-refractivity contribution in [2.75, 3.05) is 31.2 Å². The molecule has 3 aliphatic rings. The van der Waals surface area contributed by atoms with Gasteiger partial charge >= 0.3 is 0 Å².